The first kappa shape index (κ1) is 8.55. The highest BCUT2D eigenvalue weighted by molar-refractivity contribution is 8.20. The van der Waals surface area contributed by atoms with Crippen molar-refractivity contribution in [2.75, 3.05) is 7.11 Å². The molecule has 0 aliphatic carbocycles. The average molecular weight is 174 g/mol. The summed E-state index contributed by atoms with van der Waals surface area (Å²) in [6, 6.07) is 8.47. The molecule has 0 amide bonds. The maximum absolute atomic E-state index is 9.21. The molecule has 1 aromatic carbocycles. The van der Waals surface area contributed by atoms with Gasteiger partial charge >= 0.3 is 0 Å². The van der Waals surface area contributed by atoms with Gasteiger partial charge in [-0.3, -0.25) is 4.18 Å². The maximum Gasteiger partial charge on any atom is 0.115 e. The van der Waals surface area contributed by atoms with Gasteiger partial charge in [-0.1, -0.05) is 18.2 Å². The summed E-state index contributed by atoms with van der Waals surface area (Å²) in [5, 5.41) is 0. The van der Waals surface area contributed by atoms with E-state index in [1.54, 1.807) is 30.3 Å². The quantitative estimate of drug-likeness (QED) is 0.723. The summed E-state index contributed by atoms with van der Waals surface area (Å²) in [4.78, 5) is 0.405. The lowest BCUT2D eigenvalue weighted by molar-refractivity contribution is 0.318. The van der Waals surface area contributed by atoms with Crippen LogP contribution in [0.1, 0.15) is 0 Å². The van der Waals surface area contributed by atoms with Gasteiger partial charge in [0.1, 0.15) is 10.9 Å². The second kappa shape index (κ2) is 3.23. The molecule has 0 fully saturated rings. The van der Waals surface area contributed by atoms with Crippen LogP contribution in [0.5, 0.6) is 0 Å². The fraction of sp³-hybridized carbons (Fsp3) is 0.143. The lowest BCUT2D eigenvalue weighted by atomic mass is 10.4. The minimum absolute atomic E-state index is 0.405. The van der Waals surface area contributed by atoms with Crippen molar-refractivity contribution >= 4 is 10.9 Å². The number of rotatable bonds is 2. The van der Waals surface area contributed by atoms with E-state index in [1.807, 2.05) is 0 Å². The predicted octanol–water partition coefficient (Wildman–Crippen LogP) is 2.36. The Kier molecular flexibility index (Phi) is 2.51. The summed E-state index contributed by atoms with van der Waals surface area (Å²) in [5.74, 6) is 0. The van der Waals surface area contributed by atoms with Crippen molar-refractivity contribution in [2.24, 2.45) is 0 Å². The molecule has 0 atom stereocenters. The van der Waals surface area contributed by atoms with Gasteiger partial charge in [-0.25, -0.2) is 0 Å². The highest BCUT2D eigenvalue weighted by atomic mass is 32.3. The molecule has 0 saturated carbocycles. The molecule has 2 N–H and O–H groups in total. The van der Waals surface area contributed by atoms with E-state index in [0.29, 0.717) is 4.90 Å². The first-order chi connectivity index (χ1) is 5.17. The Hall–Kier alpha value is -0.550. The van der Waals surface area contributed by atoms with Crippen molar-refractivity contribution < 1.29 is 13.3 Å². The third kappa shape index (κ3) is 1.94. The Bertz CT molecular complexity index is 222. The van der Waals surface area contributed by atoms with E-state index < -0.39 is 10.9 Å². The van der Waals surface area contributed by atoms with Crippen LogP contribution in [0.15, 0.2) is 35.2 Å². The summed E-state index contributed by atoms with van der Waals surface area (Å²) in [7, 11) is -1.73. The highest BCUT2D eigenvalue weighted by Gasteiger charge is 2.17. The van der Waals surface area contributed by atoms with Gasteiger partial charge in [0.05, 0.1) is 12.0 Å². The zero-order valence-corrected chi connectivity index (χ0v) is 6.91. The third-order valence-corrected chi connectivity index (χ3v) is 2.63. The van der Waals surface area contributed by atoms with E-state index in [9.17, 15) is 9.11 Å². The molecule has 0 bridgehead atoms. The smallest absolute Gasteiger partial charge is 0.115 e. The van der Waals surface area contributed by atoms with Crippen molar-refractivity contribution in [1.82, 2.24) is 0 Å². The maximum atomic E-state index is 9.21. The third-order valence-electron chi connectivity index (χ3n) is 1.28. The lowest BCUT2D eigenvalue weighted by Crippen LogP contribution is -1.98. The number of hydrogen-bond donors (Lipinski definition) is 2. The zero-order valence-electron chi connectivity index (χ0n) is 6.10. The minimum Gasteiger partial charge on any atom is -0.304 e. The van der Waals surface area contributed by atoms with Gasteiger partial charge in [0.2, 0.25) is 0 Å². The van der Waals surface area contributed by atoms with Gasteiger partial charge < -0.3 is 9.11 Å². The molecule has 1 rings (SSSR count). The Morgan fingerprint density at radius 1 is 1.18 bits per heavy atom. The molecule has 0 spiro atoms. The minimum atomic E-state index is -3.00. The van der Waals surface area contributed by atoms with Crippen LogP contribution in [0, 0.1) is 0 Å². The van der Waals surface area contributed by atoms with E-state index >= 15 is 0 Å². The molecule has 11 heavy (non-hydrogen) atoms. The zero-order chi connectivity index (χ0) is 8.32. The van der Waals surface area contributed by atoms with E-state index in [0.717, 1.165) is 0 Å². The predicted molar refractivity (Wildman–Crippen MR) is 44.6 cm³/mol. The van der Waals surface area contributed by atoms with Gasteiger partial charge in [0.15, 0.2) is 0 Å². The second-order valence-corrected chi connectivity index (χ2v) is 3.77. The number of hydrogen-bond acceptors (Lipinski definition) is 3. The average Bonchev–Trinajstić information content (AvgIpc) is 2.06. The molecular formula is C7H10O3S. The van der Waals surface area contributed by atoms with Crippen LogP contribution < -0.4 is 0 Å². The van der Waals surface area contributed by atoms with Crippen LogP contribution in [0.2, 0.25) is 0 Å². The van der Waals surface area contributed by atoms with Crippen molar-refractivity contribution in [2.45, 2.75) is 4.90 Å². The van der Waals surface area contributed by atoms with Crippen molar-refractivity contribution in [3.05, 3.63) is 30.3 Å². The van der Waals surface area contributed by atoms with Gasteiger partial charge in [0.25, 0.3) is 0 Å². The molecule has 0 aromatic heterocycles. The number of benzene rings is 1. The van der Waals surface area contributed by atoms with Crippen LogP contribution >= 0.6 is 10.9 Å². The molecule has 0 aliphatic rings. The van der Waals surface area contributed by atoms with Gasteiger partial charge in [-0.15, -0.1) is 0 Å². The fourth-order valence-corrected chi connectivity index (χ4v) is 1.40. The van der Waals surface area contributed by atoms with Crippen LogP contribution in [-0.4, -0.2) is 16.2 Å². The van der Waals surface area contributed by atoms with E-state index in [-0.39, 0.29) is 0 Å². The van der Waals surface area contributed by atoms with E-state index in [1.165, 1.54) is 7.11 Å². The molecule has 62 valence electrons. The first-order valence-electron chi connectivity index (χ1n) is 3.05. The molecule has 1 aromatic rings. The Morgan fingerprint density at radius 3 is 2.18 bits per heavy atom. The Labute approximate surface area is 67.2 Å². The van der Waals surface area contributed by atoms with Crippen LogP contribution in [0.25, 0.3) is 0 Å². The van der Waals surface area contributed by atoms with E-state index in [4.69, 9.17) is 0 Å². The Balaban J connectivity index is 2.93. The topological polar surface area (TPSA) is 49.7 Å². The summed E-state index contributed by atoms with van der Waals surface area (Å²) < 4.78 is 22.9. The van der Waals surface area contributed by atoms with Crippen molar-refractivity contribution in [3.8, 4) is 0 Å². The lowest BCUT2D eigenvalue weighted by Gasteiger charge is -2.23. The summed E-state index contributed by atoms with van der Waals surface area (Å²) in [6.07, 6.45) is 0. The van der Waals surface area contributed by atoms with Crippen LogP contribution in [0.4, 0.5) is 0 Å². The largest absolute Gasteiger partial charge is 0.304 e. The molecular weight excluding hydrogens is 164 g/mol. The second-order valence-electron chi connectivity index (χ2n) is 1.98. The molecule has 0 saturated heterocycles. The molecule has 3 nitrogen and oxygen atoms in total. The molecule has 0 heterocycles. The standard InChI is InChI=1S/C7H10O3S/c1-10-11(8,9)7-5-3-2-4-6-7/h2-6,8-9H,1H3. The van der Waals surface area contributed by atoms with Crippen molar-refractivity contribution in [3.63, 3.8) is 0 Å². The molecule has 0 aliphatic heterocycles. The summed E-state index contributed by atoms with van der Waals surface area (Å²) >= 11 is 0. The fourth-order valence-electron chi connectivity index (χ4n) is 0.694. The highest BCUT2D eigenvalue weighted by Crippen LogP contribution is 2.47. The van der Waals surface area contributed by atoms with Crippen LogP contribution in [-0.2, 0) is 4.18 Å². The SMILES string of the molecule is COS(O)(O)c1ccccc1. The Morgan fingerprint density at radius 2 is 1.73 bits per heavy atom. The summed E-state index contributed by atoms with van der Waals surface area (Å²) in [5.41, 5.74) is 0. The molecule has 0 unspecified atom stereocenters. The van der Waals surface area contributed by atoms with Gasteiger partial charge in [-0.05, 0) is 12.1 Å². The summed E-state index contributed by atoms with van der Waals surface area (Å²) in [6.45, 7) is 0. The molecule has 4 heteroatoms. The van der Waals surface area contributed by atoms with Crippen molar-refractivity contribution in [1.29, 1.82) is 0 Å². The first-order valence-corrected chi connectivity index (χ1v) is 4.53. The van der Waals surface area contributed by atoms with Crippen LogP contribution in [0.3, 0.4) is 0 Å². The van der Waals surface area contributed by atoms with E-state index in [2.05, 4.69) is 4.18 Å². The molecule has 0 radical (unpaired) electrons. The normalized spacial score (nSPS) is 13.0. The monoisotopic (exact) mass is 174 g/mol. The van der Waals surface area contributed by atoms with Gasteiger partial charge in [0, 0.05) is 0 Å². The van der Waals surface area contributed by atoms with Gasteiger partial charge in [-0.2, -0.15) is 0 Å².